The molecule has 2 heterocycles. The standard InChI is InChI=1S/C21H27N3O4S/c1-3-27-18-14-17(24-9-11-26-12-10-24)19(28-4-2)13-16(18)23-20(25)15-29-21-7-5-6-8-22-21/h5-8,13-14H,3-4,9-12,15H2,1-2H3,(H,23,25). The summed E-state index contributed by atoms with van der Waals surface area (Å²) in [4.78, 5) is 19.0. The molecule has 2 aromatic rings. The van der Waals surface area contributed by atoms with Crippen LogP contribution in [-0.4, -0.2) is 56.2 Å². The van der Waals surface area contributed by atoms with Crippen LogP contribution in [-0.2, 0) is 9.53 Å². The van der Waals surface area contributed by atoms with E-state index in [1.165, 1.54) is 11.8 Å². The van der Waals surface area contributed by atoms with E-state index in [2.05, 4.69) is 15.2 Å². The van der Waals surface area contributed by atoms with Gasteiger partial charge < -0.3 is 24.4 Å². The predicted molar refractivity (Wildman–Crippen MR) is 115 cm³/mol. The fourth-order valence-electron chi connectivity index (χ4n) is 3.00. The number of pyridine rings is 1. The Morgan fingerprint density at radius 2 is 1.93 bits per heavy atom. The molecule has 1 aromatic heterocycles. The van der Waals surface area contributed by atoms with Crippen LogP contribution in [0.4, 0.5) is 11.4 Å². The van der Waals surface area contributed by atoms with Gasteiger partial charge in [-0.15, -0.1) is 0 Å². The number of ether oxygens (including phenoxy) is 3. The Kier molecular flexibility index (Phi) is 8.01. The SMILES string of the molecule is CCOc1cc(N2CCOCC2)c(OCC)cc1NC(=O)CSc1ccccn1. The normalized spacial score (nSPS) is 13.8. The summed E-state index contributed by atoms with van der Waals surface area (Å²) in [6.45, 7) is 7.85. The van der Waals surface area contributed by atoms with Crippen molar-refractivity contribution in [3.63, 3.8) is 0 Å². The molecule has 8 heteroatoms. The molecule has 3 rings (SSSR count). The predicted octanol–water partition coefficient (Wildman–Crippen LogP) is 3.45. The van der Waals surface area contributed by atoms with Crippen LogP contribution in [0, 0.1) is 0 Å². The largest absolute Gasteiger partial charge is 0.492 e. The quantitative estimate of drug-likeness (QED) is 0.627. The van der Waals surface area contributed by atoms with E-state index in [0.717, 1.165) is 29.6 Å². The monoisotopic (exact) mass is 417 g/mol. The van der Waals surface area contributed by atoms with Gasteiger partial charge in [0.2, 0.25) is 5.91 Å². The molecule has 1 saturated heterocycles. The number of nitrogens with zero attached hydrogens (tertiary/aromatic N) is 2. The minimum Gasteiger partial charge on any atom is -0.492 e. The number of benzene rings is 1. The van der Waals surface area contributed by atoms with Gasteiger partial charge >= 0.3 is 0 Å². The van der Waals surface area contributed by atoms with E-state index in [1.807, 2.05) is 44.2 Å². The molecule has 1 aliphatic rings. The molecular weight excluding hydrogens is 390 g/mol. The maximum atomic E-state index is 12.5. The van der Waals surface area contributed by atoms with Crippen LogP contribution in [0.2, 0.25) is 0 Å². The molecule has 0 atom stereocenters. The highest BCUT2D eigenvalue weighted by Crippen LogP contribution is 2.39. The van der Waals surface area contributed by atoms with E-state index in [-0.39, 0.29) is 11.7 Å². The highest BCUT2D eigenvalue weighted by atomic mass is 32.2. The van der Waals surface area contributed by atoms with Crippen LogP contribution in [0.15, 0.2) is 41.6 Å². The molecule has 1 fully saturated rings. The maximum Gasteiger partial charge on any atom is 0.234 e. The topological polar surface area (TPSA) is 72.9 Å². The fraction of sp³-hybridized carbons (Fsp3) is 0.429. The molecule has 1 N–H and O–H groups in total. The van der Waals surface area contributed by atoms with Crippen molar-refractivity contribution in [3.05, 3.63) is 36.5 Å². The van der Waals surface area contributed by atoms with Crippen LogP contribution in [0.25, 0.3) is 0 Å². The molecule has 1 aromatic carbocycles. The number of thioether (sulfide) groups is 1. The Morgan fingerprint density at radius 3 is 2.62 bits per heavy atom. The van der Waals surface area contributed by atoms with Gasteiger partial charge in [-0.2, -0.15) is 0 Å². The number of morpholine rings is 1. The third kappa shape index (κ3) is 6.01. The Hall–Kier alpha value is -2.45. The molecule has 0 saturated carbocycles. The molecular formula is C21H27N3O4S. The number of anilines is 2. The average Bonchev–Trinajstić information content (AvgIpc) is 2.75. The first-order valence-electron chi connectivity index (χ1n) is 9.81. The number of amides is 1. The van der Waals surface area contributed by atoms with Gasteiger partial charge in [0.15, 0.2) is 0 Å². The van der Waals surface area contributed by atoms with E-state index >= 15 is 0 Å². The van der Waals surface area contributed by atoms with Gasteiger partial charge in [-0.1, -0.05) is 17.8 Å². The van der Waals surface area contributed by atoms with Gasteiger partial charge in [0.1, 0.15) is 11.5 Å². The molecule has 1 amide bonds. The summed E-state index contributed by atoms with van der Waals surface area (Å²) < 4.78 is 17.1. The summed E-state index contributed by atoms with van der Waals surface area (Å²) in [5.41, 5.74) is 1.57. The highest BCUT2D eigenvalue weighted by Gasteiger charge is 2.20. The summed E-state index contributed by atoms with van der Waals surface area (Å²) in [6.07, 6.45) is 1.71. The first-order chi connectivity index (χ1) is 14.2. The summed E-state index contributed by atoms with van der Waals surface area (Å²) in [7, 11) is 0. The zero-order valence-electron chi connectivity index (χ0n) is 16.8. The summed E-state index contributed by atoms with van der Waals surface area (Å²) >= 11 is 1.39. The molecule has 7 nitrogen and oxygen atoms in total. The Bertz CT molecular complexity index is 798. The third-order valence-corrected chi connectivity index (χ3v) is 5.22. The van der Waals surface area contributed by atoms with Gasteiger partial charge in [-0.25, -0.2) is 4.98 Å². The Labute approximate surface area is 175 Å². The van der Waals surface area contributed by atoms with Crippen molar-refractivity contribution in [1.82, 2.24) is 4.98 Å². The van der Waals surface area contributed by atoms with E-state index in [0.29, 0.717) is 37.9 Å². The summed E-state index contributed by atoms with van der Waals surface area (Å²) in [5.74, 6) is 1.50. The second-order valence-corrected chi connectivity index (χ2v) is 7.28. The number of nitrogens with one attached hydrogen (secondary N) is 1. The molecule has 0 spiro atoms. The lowest BCUT2D eigenvalue weighted by Crippen LogP contribution is -2.36. The number of rotatable bonds is 9. The minimum atomic E-state index is -0.122. The molecule has 0 unspecified atom stereocenters. The van der Waals surface area contributed by atoms with Crippen LogP contribution in [0.1, 0.15) is 13.8 Å². The number of carbonyl (C=O) groups excluding carboxylic acids is 1. The third-order valence-electron chi connectivity index (χ3n) is 4.28. The van der Waals surface area contributed by atoms with Crippen LogP contribution in [0.3, 0.4) is 0 Å². The number of hydrogen-bond donors (Lipinski definition) is 1. The zero-order valence-corrected chi connectivity index (χ0v) is 17.7. The fourth-order valence-corrected chi connectivity index (χ4v) is 3.66. The molecule has 156 valence electrons. The van der Waals surface area contributed by atoms with Crippen LogP contribution in [0.5, 0.6) is 11.5 Å². The van der Waals surface area contributed by atoms with Crippen molar-refractivity contribution in [2.75, 3.05) is 55.5 Å². The van der Waals surface area contributed by atoms with Crippen molar-refractivity contribution >= 4 is 29.0 Å². The lowest BCUT2D eigenvalue weighted by molar-refractivity contribution is -0.113. The van der Waals surface area contributed by atoms with E-state index in [9.17, 15) is 4.79 Å². The number of carbonyl (C=O) groups is 1. The summed E-state index contributed by atoms with van der Waals surface area (Å²) in [5, 5.41) is 3.77. The van der Waals surface area contributed by atoms with Gasteiger partial charge in [0.05, 0.1) is 48.6 Å². The van der Waals surface area contributed by atoms with Crippen molar-refractivity contribution < 1.29 is 19.0 Å². The second kappa shape index (κ2) is 10.9. The number of aromatic nitrogens is 1. The molecule has 1 aliphatic heterocycles. The average molecular weight is 418 g/mol. The molecule has 0 radical (unpaired) electrons. The van der Waals surface area contributed by atoms with Gasteiger partial charge in [-0.05, 0) is 26.0 Å². The van der Waals surface area contributed by atoms with E-state index in [1.54, 1.807) is 6.20 Å². The van der Waals surface area contributed by atoms with E-state index < -0.39 is 0 Å². The van der Waals surface area contributed by atoms with Gasteiger partial charge in [0, 0.05) is 31.4 Å². The highest BCUT2D eigenvalue weighted by molar-refractivity contribution is 7.99. The Morgan fingerprint density at radius 1 is 1.17 bits per heavy atom. The summed E-state index contributed by atoms with van der Waals surface area (Å²) in [6, 6.07) is 9.43. The lowest BCUT2D eigenvalue weighted by Gasteiger charge is -2.31. The van der Waals surface area contributed by atoms with Crippen molar-refractivity contribution in [1.29, 1.82) is 0 Å². The van der Waals surface area contributed by atoms with Gasteiger partial charge in [0.25, 0.3) is 0 Å². The Balaban J connectivity index is 1.78. The van der Waals surface area contributed by atoms with Gasteiger partial charge in [-0.3, -0.25) is 4.79 Å². The molecule has 0 bridgehead atoms. The molecule has 29 heavy (non-hydrogen) atoms. The zero-order chi connectivity index (χ0) is 20.5. The maximum absolute atomic E-state index is 12.5. The number of hydrogen-bond acceptors (Lipinski definition) is 7. The molecule has 0 aliphatic carbocycles. The lowest BCUT2D eigenvalue weighted by atomic mass is 10.2. The smallest absolute Gasteiger partial charge is 0.234 e. The van der Waals surface area contributed by atoms with Crippen LogP contribution < -0.4 is 19.7 Å². The van der Waals surface area contributed by atoms with Crippen molar-refractivity contribution in [2.24, 2.45) is 0 Å². The van der Waals surface area contributed by atoms with Crippen LogP contribution >= 0.6 is 11.8 Å². The minimum absolute atomic E-state index is 0.122. The van der Waals surface area contributed by atoms with E-state index in [4.69, 9.17) is 14.2 Å². The first-order valence-corrected chi connectivity index (χ1v) is 10.8. The van der Waals surface area contributed by atoms with Crippen molar-refractivity contribution in [3.8, 4) is 11.5 Å². The second-order valence-electron chi connectivity index (χ2n) is 6.29. The first kappa shape index (κ1) is 21.3. The van der Waals surface area contributed by atoms with Crippen molar-refractivity contribution in [2.45, 2.75) is 18.9 Å².